The van der Waals surface area contributed by atoms with Gasteiger partial charge < -0.3 is 19.5 Å². The fraction of sp³-hybridized carbons (Fsp3) is 0.261. The molecule has 1 N–H and O–H groups in total. The molecule has 3 rings (SSSR count). The monoisotopic (exact) mass is 423 g/mol. The number of carbonyl (C=O) groups is 2. The number of carbonyl (C=O) groups excluding carboxylic acids is 2. The Morgan fingerprint density at radius 1 is 1.03 bits per heavy atom. The number of methoxy groups -OCH3 is 3. The Kier molecular flexibility index (Phi) is 6.92. The van der Waals surface area contributed by atoms with Crippen LogP contribution in [0.3, 0.4) is 0 Å². The van der Waals surface area contributed by atoms with Crippen LogP contribution in [-0.4, -0.2) is 43.0 Å². The van der Waals surface area contributed by atoms with Crippen LogP contribution in [-0.2, 0) is 9.53 Å². The van der Waals surface area contributed by atoms with Crippen LogP contribution < -0.4 is 14.8 Å². The smallest absolute Gasteiger partial charge is 0.307 e. The molecule has 1 unspecified atom stereocenters. The third-order valence-electron chi connectivity index (χ3n) is 4.97. The lowest BCUT2D eigenvalue weighted by Crippen LogP contribution is -2.30. The molecule has 0 saturated carbocycles. The SMILES string of the molecule is COC(=O)CC(NC(=O)c1cnn(-c2ccccc2)c1C)c1ccc(OC)c(OC)c1. The zero-order valence-corrected chi connectivity index (χ0v) is 17.9. The van der Waals surface area contributed by atoms with Crippen molar-refractivity contribution in [2.45, 2.75) is 19.4 Å². The highest BCUT2D eigenvalue weighted by atomic mass is 16.5. The quantitative estimate of drug-likeness (QED) is 0.560. The van der Waals surface area contributed by atoms with Gasteiger partial charge in [-0.3, -0.25) is 9.59 Å². The van der Waals surface area contributed by atoms with E-state index in [1.54, 1.807) is 30.0 Å². The van der Waals surface area contributed by atoms with Crippen molar-refractivity contribution in [3.63, 3.8) is 0 Å². The van der Waals surface area contributed by atoms with Gasteiger partial charge in [0.05, 0.1) is 56.9 Å². The van der Waals surface area contributed by atoms with Crippen LogP contribution in [0.4, 0.5) is 0 Å². The first-order chi connectivity index (χ1) is 15.0. The van der Waals surface area contributed by atoms with E-state index in [4.69, 9.17) is 14.2 Å². The summed E-state index contributed by atoms with van der Waals surface area (Å²) in [6.07, 6.45) is 1.48. The summed E-state index contributed by atoms with van der Waals surface area (Å²) in [4.78, 5) is 25.1. The molecule has 0 bridgehead atoms. The highest BCUT2D eigenvalue weighted by Crippen LogP contribution is 2.31. The Bertz CT molecular complexity index is 1060. The first-order valence-electron chi connectivity index (χ1n) is 9.68. The van der Waals surface area contributed by atoms with E-state index in [2.05, 4.69) is 10.4 Å². The van der Waals surface area contributed by atoms with Gasteiger partial charge in [-0.25, -0.2) is 4.68 Å². The average Bonchev–Trinajstić information content (AvgIpc) is 3.19. The van der Waals surface area contributed by atoms with Crippen LogP contribution >= 0.6 is 0 Å². The third kappa shape index (κ3) is 4.85. The number of nitrogens with one attached hydrogen (secondary N) is 1. The lowest BCUT2D eigenvalue weighted by atomic mass is 10.0. The van der Waals surface area contributed by atoms with Crippen molar-refractivity contribution in [3.05, 3.63) is 71.5 Å². The van der Waals surface area contributed by atoms with Crippen molar-refractivity contribution in [3.8, 4) is 17.2 Å². The number of hydrogen-bond acceptors (Lipinski definition) is 6. The molecule has 0 radical (unpaired) electrons. The molecule has 0 aliphatic carbocycles. The van der Waals surface area contributed by atoms with Crippen molar-refractivity contribution >= 4 is 11.9 Å². The second kappa shape index (κ2) is 9.80. The number of para-hydroxylation sites is 1. The predicted octanol–water partition coefficient (Wildman–Crippen LogP) is 3.23. The van der Waals surface area contributed by atoms with Crippen molar-refractivity contribution in [1.29, 1.82) is 0 Å². The van der Waals surface area contributed by atoms with Gasteiger partial charge in [-0.2, -0.15) is 5.10 Å². The molecule has 1 heterocycles. The number of nitrogens with zero attached hydrogens (tertiary/aromatic N) is 2. The molecule has 0 aliphatic heterocycles. The number of esters is 1. The summed E-state index contributed by atoms with van der Waals surface area (Å²) in [7, 11) is 4.37. The highest BCUT2D eigenvalue weighted by Gasteiger charge is 2.23. The van der Waals surface area contributed by atoms with E-state index in [0.29, 0.717) is 28.3 Å². The Balaban J connectivity index is 1.89. The van der Waals surface area contributed by atoms with Gasteiger partial charge in [0.1, 0.15) is 0 Å². The molecule has 2 aromatic carbocycles. The summed E-state index contributed by atoms with van der Waals surface area (Å²) in [6.45, 7) is 1.82. The molecule has 0 aliphatic rings. The molecule has 0 saturated heterocycles. The first-order valence-corrected chi connectivity index (χ1v) is 9.68. The van der Waals surface area contributed by atoms with Crippen LogP contribution in [0, 0.1) is 6.92 Å². The molecule has 162 valence electrons. The summed E-state index contributed by atoms with van der Waals surface area (Å²) in [5.74, 6) is 0.256. The van der Waals surface area contributed by atoms with Gasteiger partial charge in [-0.1, -0.05) is 24.3 Å². The maximum absolute atomic E-state index is 13.1. The Hall–Kier alpha value is -3.81. The van der Waals surface area contributed by atoms with Gasteiger partial charge in [-0.15, -0.1) is 0 Å². The minimum atomic E-state index is -0.626. The third-order valence-corrected chi connectivity index (χ3v) is 4.97. The molecule has 0 fully saturated rings. The fourth-order valence-corrected chi connectivity index (χ4v) is 3.27. The van der Waals surface area contributed by atoms with Gasteiger partial charge in [0.2, 0.25) is 0 Å². The summed E-state index contributed by atoms with van der Waals surface area (Å²) in [5, 5.41) is 7.26. The zero-order valence-electron chi connectivity index (χ0n) is 17.9. The Morgan fingerprint density at radius 2 is 1.74 bits per heavy atom. The standard InChI is InChI=1S/C23H25N3O5/c1-15-18(14-24-26(15)17-8-6-5-7-9-17)23(28)25-19(13-22(27)31-4)16-10-11-20(29-2)21(12-16)30-3/h5-12,14,19H,13H2,1-4H3,(H,25,28). The maximum Gasteiger partial charge on any atom is 0.307 e. The van der Waals surface area contributed by atoms with E-state index in [1.165, 1.54) is 20.4 Å². The van der Waals surface area contributed by atoms with Gasteiger partial charge in [0, 0.05) is 0 Å². The first kappa shape index (κ1) is 21.9. The number of benzene rings is 2. The molecule has 1 aromatic heterocycles. The van der Waals surface area contributed by atoms with Crippen molar-refractivity contribution in [1.82, 2.24) is 15.1 Å². The van der Waals surface area contributed by atoms with Crippen molar-refractivity contribution < 1.29 is 23.8 Å². The van der Waals surface area contributed by atoms with E-state index in [0.717, 1.165) is 5.69 Å². The van der Waals surface area contributed by atoms with Crippen molar-refractivity contribution in [2.24, 2.45) is 0 Å². The van der Waals surface area contributed by atoms with E-state index >= 15 is 0 Å². The molecular formula is C23H25N3O5. The summed E-state index contributed by atoms with van der Waals surface area (Å²) in [5.41, 5.74) is 2.64. The maximum atomic E-state index is 13.1. The summed E-state index contributed by atoms with van der Waals surface area (Å²) < 4.78 is 17.1. The molecule has 1 amide bonds. The Morgan fingerprint density at radius 3 is 2.39 bits per heavy atom. The van der Waals surface area contributed by atoms with E-state index in [1.807, 2.05) is 37.3 Å². The van der Waals surface area contributed by atoms with Crippen LogP contribution in [0.1, 0.15) is 34.1 Å². The van der Waals surface area contributed by atoms with Gasteiger partial charge in [0.15, 0.2) is 11.5 Å². The molecule has 8 heteroatoms. The average molecular weight is 423 g/mol. The second-order valence-corrected chi connectivity index (χ2v) is 6.81. The number of rotatable bonds is 8. The van der Waals surface area contributed by atoms with Crippen LogP contribution in [0.15, 0.2) is 54.7 Å². The summed E-state index contributed by atoms with van der Waals surface area (Å²) >= 11 is 0. The van der Waals surface area contributed by atoms with E-state index < -0.39 is 12.0 Å². The number of ether oxygens (including phenoxy) is 3. The normalized spacial score (nSPS) is 11.5. The lowest BCUT2D eigenvalue weighted by Gasteiger charge is -2.19. The molecule has 3 aromatic rings. The Labute approximate surface area is 180 Å². The van der Waals surface area contributed by atoms with E-state index in [-0.39, 0.29) is 12.3 Å². The molecular weight excluding hydrogens is 398 g/mol. The van der Waals surface area contributed by atoms with Crippen LogP contribution in [0.2, 0.25) is 0 Å². The molecule has 1 atom stereocenters. The molecule has 8 nitrogen and oxygen atoms in total. The minimum absolute atomic E-state index is 0.0381. The van der Waals surface area contributed by atoms with Gasteiger partial charge in [-0.05, 0) is 36.8 Å². The molecule has 0 spiro atoms. The summed E-state index contributed by atoms with van der Waals surface area (Å²) in [6, 6.07) is 14.1. The minimum Gasteiger partial charge on any atom is -0.493 e. The fourth-order valence-electron chi connectivity index (χ4n) is 3.27. The van der Waals surface area contributed by atoms with Crippen LogP contribution in [0.5, 0.6) is 11.5 Å². The number of amides is 1. The zero-order chi connectivity index (χ0) is 22.4. The lowest BCUT2D eigenvalue weighted by molar-refractivity contribution is -0.141. The molecule has 31 heavy (non-hydrogen) atoms. The van der Waals surface area contributed by atoms with Crippen molar-refractivity contribution in [2.75, 3.05) is 21.3 Å². The largest absolute Gasteiger partial charge is 0.493 e. The number of aromatic nitrogens is 2. The van der Waals surface area contributed by atoms with Gasteiger partial charge in [0.25, 0.3) is 5.91 Å². The predicted molar refractivity (Wildman–Crippen MR) is 115 cm³/mol. The number of hydrogen-bond donors (Lipinski definition) is 1. The second-order valence-electron chi connectivity index (χ2n) is 6.81. The van der Waals surface area contributed by atoms with E-state index in [9.17, 15) is 9.59 Å². The van der Waals surface area contributed by atoms with Gasteiger partial charge >= 0.3 is 5.97 Å². The van der Waals surface area contributed by atoms with Crippen LogP contribution in [0.25, 0.3) is 5.69 Å². The highest BCUT2D eigenvalue weighted by molar-refractivity contribution is 5.95. The topological polar surface area (TPSA) is 91.7 Å².